The van der Waals surface area contributed by atoms with Crippen LogP contribution in [-0.2, 0) is 0 Å². The van der Waals surface area contributed by atoms with Crippen LogP contribution in [0, 0.1) is 6.92 Å². The summed E-state index contributed by atoms with van der Waals surface area (Å²) in [6, 6.07) is 19.1. The number of nitrogens with one attached hydrogen (secondary N) is 1. The molecule has 23 heavy (non-hydrogen) atoms. The second kappa shape index (κ2) is 5.25. The van der Waals surface area contributed by atoms with E-state index in [9.17, 15) is 4.79 Å². The lowest BCUT2D eigenvalue weighted by atomic mass is 10.0. The predicted molar refractivity (Wildman–Crippen MR) is 88.9 cm³/mol. The molecule has 1 aliphatic rings. The van der Waals surface area contributed by atoms with Crippen molar-refractivity contribution >= 4 is 22.9 Å². The van der Waals surface area contributed by atoms with E-state index in [2.05, 4.69) is 10.5 Å². The highest BCUT2D eigenvalue weighted by Crippen LogP contribution is 2.38. The van der Waals surface area contributed by atoms with E-state index < -0.39 is 0 Å². The number of Topliss-reactive ketones (excluding diaryl/α,β-unsaturated/α-hetero) is 1. The number of hydrogen-bond donors (Lipinski definition) is 1. The topological polar surface area (TPSA) is 55.1 Å². The SMILES string of the molecule is Cc1cc(NC2=C(c3ccccc3)C(=O)c3ccccc32)no1. The van der Waals surface area contributed by atoms with Crippen molar-refractivity contribution in [3.05, 3.63) is 83.1 Å². The van der Waals surface area contributed by atoms with Gasteiger partial charge < -0.3 is 9.84 Å². The van der Waals surface area contributed by atoms with Gasteiger partial charge in [0.25, 0.3) is 0 Å². The second-order valence-electron chi connectivity index (χ2n) is 5.44. The van der Waals surface area contributed by atoms with Crippen LogP contribution in [0.5, 0.6) is 0 Å². The first-order valence-corrected chi connectivity index (χ1v) is 7.38. The molecule has 3 aromatic rings. The van der Waals surface area contributed by atoms with Crippen LogP contribution in [0.15, 0.2) is 65.2 Å². The van der Waals surface area contributed by atoms with Gasteiger partial charge in [-0.15, -0.1) is 0 Å². The van der Waals surface area contributed by atoms with Crippen molar-refractivity contribution in [1.29, 1.82) is 0 Å². The number of ketones is 1. The third kappa shape index (κ3) is 2.25. The number of carbonyl (C=O) groups excluding carboxylic acids is 1. The Morgan fingerprint density at radius 2 is 1.65 bits per heavy atom. The van der Waals surface area contributed by atoms with Gasteiger partial charge in [-0.05, 0) is 12.5 Å². The van der Waals surface area contributed by atoms with E-state index in [1.165, 1.54) is 0 Å². The molecular formula is C19H14N2O2. The first kappa shape index (κ1) is 13.5. The number of fused-ring (bicyclic) bond motifs is 1. The fraction of sp³-hybridized carbons (Fsp3) is 0.0526. The van der Waals surface area contributed by atoms with Gasteiger partial charge in [0.1, 0.15) is 5.76 Å². The first-order chi connectivity index (χ1) is 11.2. The predicted octanol–water partition coefficient (Wildman–Crippen LogP) is 4.16. The molecule has 4 heteroatoms. The number of anilines is 1. The van der Waals surface area contributed by atoms with Crippen molar-refractivity contribution in [2.45, 2.75) is 6.92 Å². The Morgan fingerprint density at radius 1 is 0.957 bits per heavy atom. The average molecular weight is 302 g/mol. The fourth-order valence-corrected chi connectivity index (χ4v) is 2.85. The minimum Gasteiger partial charge on any atom is -0.360 e. The maximum atomic E-state index is 12.9. The van der Waals surface area contributed by atoms with Gasteiger partial charge in [-0.2, -0.15) is 0 Å². The number of benzene rings is 2. The standard InChI is InChI=1S/C19H14N2O2/c1-12-11-16(21-23-12)20-18-14-9-5-6-10-15(14)19(22)17(18)13-7-3-2-4-8-13/h2-11H,1H3,(H,20,21). The summed E-state index contributed by atoms with van der Waals surface area (Å²) in [4.78, 5) is 12.9. The van der Waals surface area contributed by atoms with Crippen LogP contribution >= 0.6 is 0 Å². The third-order valence-corrected chi connectivity index (χ3v) is 3.86. The van der Waals surface area contributed by atoms with Crippen molar-refractivity contribution in [3.63, 3.8) is 0 Å². The number of hydrogen-bond acceptors (Lipinski definition) is 4. The molecule has 0 fully saturated rings. The Labute approximate surface area is 133 Å². The van der Waals surface area contributed by atoms with Crippen molar-refractivity contribution in [3.8, 4) is 0 Å². The monoisotopic (exact) mass is 302 g/mol. The van der Waals surface area contributed by atoms with Gasteiger partial charge >= 0.3 is 0 Å². The molecule has 2 aromatic carbocycles. The first-order valence-electron chi connectivity index (χ1n) is 7.38. The van der Waals surface area contributed by atoms with E-state index in [1.54, 1.807) is 6.07 Å². The second-order valence-corrected chi connectivity index (χ2v) is 5.44. The Hall–Kier alpha value is -3.14. The molecule has 0 saturated carbocycles. The highest BCUT2D eigenvalue weighted by molar-refractivity contribution is 6.40. The van der Waals surface area contributed by atoms with Gasteiger partial charge in [0.15, 0.2) is 11.6 Å². The van der Waals surface area contributed by atoms with Gasteiger partial charge in [-0.25, -0.2) is 0 Å². The quantitative estimate of drug-likeness (QED) is 0.789. The van der Waals surface area contributed by atoms with E-state index in [-0.39, 0.29) is 5.78 Å². The van der Waals surface area contributed by atoms with Crippen LogP contribution in [0.1, 0.15) is 27.2 Å². The van der Waals surface area contributed by atoms with Crippen LogP contribution in [0.4, 0.5) is 5.82 Å². The van der Waals surface area contributed by atoms with Crippen LogP contribution in [0.25, 0.3) is 11.3 Å². The molecule has 0 saturated heterocycles. The number of allylic oxidation sites excluding steroid dienone is 1. The molecule has 0 atom stereocenters. The van der Waals surface area contributed by atoms with Gasteiger partial charge in [-0.3, -0.25) is 4.79 Å². The summed E-state index contributed by atoms with van der Waals surface area (Å²) < 4.78 is 5.11. The molecule has 4 rings (SSSR count). The molecule has 1 aromatic heterocycles. The summed E-state index contributed by atoms with van der Waals surface area (Å²) in [5.74, 6) is 1.33. The molecule has 0 spiro atoms. The van der Waals surface area contributed by atoms with Gasteiger partial charge in [0.2, 0.25) is 0 Å². The van der Waals surface area contributed by atoms with Crippen molar-refractivity contribution in [1.82, 2.24) is 5.16 Å². The summed E-state index contributed by atoms with van der Waals surface area (Å²) in [6.07, 6.45) is 0. The zero-order valence-corrected chi connectivity index (χ0v) is 12.5. The van der Waals surface area contributed by atoms with Crippen molar-refractivity contribution in [2.24, 2.45) is 0 Å². The largest absolute Gasteiger partial charge is 0.360 e. The van der Waals surface area contributed by atoms with E-state index >= 15 is 0 Å². The minimum atomic E-state index is 0.0227. The number of aromatic nitrogens is 1. The summed E-state index contributed by atoms with van der Waals surface area (Å²) in [5.41, 5.74) is 3.90. The maximum Gasteiger partial charge on any atom is 0.196 e. The summed E-state index contributed by atoms with van der Waals surface area (Å²) in [5, 5.41) is 7.22. The molecule has 112 valence electrons. The Balaban J connectivity index is 1.89. The van der Waals surface area contributed by atoms with Gasteiger partial charge in [0.05, 0.1) is 11.3 Å². The molecule has 1 aliphatic carbocycles. The van der Waals surface area contributed by atoms with Crippen LogP contribution in [-0.4, -0.2) is 10.9 Å². The molecule has 0 bridgehead atoms. The molecule has 1 heterocycles. The highest BCUT2D eigenvalue weighted by Gasteiger charge is 2.30. The Kier molecular flexibility index (Phi) is 3.08. The zero-order chi connectivity index (χ0) is 15.8. The lowest BCUT2D eigenvalue weighted by Gasteiger charge is -2.08. The molecule has 1 N–H and O–H groups in total. The third-order valence-electron chi connectivity index (χ3n) is 3.86. The van der Waals surface area contributed by atoms with Crippen LogP contribution in [0.2, 0.25) is 0 Å². The van der Waals surface area contributed by atoms with E-state index in [4.69, 9.17) is 4.52 Å². The minimum absolute atomic E-state index is 0.0227. The average Bonchev–Trinajstić information content (AvgIpc) is 3.11. The van der Waals surface area contributed by atoms with Crippen molar-refractivity contribution < 1.29 is 9.32 Å². The molecule has 0 aliphatic heterocycles. The number of carbonyl (C=O) groups is 1. The molecule has 0 unspecified atom stereocenters. The van der Waals surface area contributed by atoms with Crippen LogP contribution < -0.4 is 5.32 Å². The summed E-state index contributed by atoms with van der Waals surface area (Å²) in [6.45, 7) is 1.83. The molecular weight excluding hydrogens is 288 g/mol. The van der Waals surface area contributed by atoms with Crippen LogP contribution in [0.3, 0.4) is 0 Å². The fourth-order valence-electron chi connectivity index (χ4n) is 2.85. The van der Waals surface area contributed by atoms with E-state index in [0.29, 0.717) is 22.7 Å². The Morgan fingerprint density at radius 3 is 2.35 bits per heavy atom. The highest BCUT2D eigenvalue weighted by atomic mass is 16.5. The van der Waals surface area contributed by atoms with Gasteiger partial charge in [0, 0.05) is 17.2 Å². The number of aryl methyl sites for hydroxylation is 1. The van der Waals surface area contributed by atoms with Gasteiger partial charge in [-0.1, -0.05) is 59.8 Å². The van der Waals surface area contributed by atoms with Crippen molar-refractivity contribution in [2.75, 3.05) is 5.32 Å². The number of nitrogens with zero attached hydrogens (tertiary/aromatic N) is 1. The molecule has 0 amide bonds. The lowest BCUT2D eigenvalue weighted by Crippen LogP contribution is -2.01. The normalized spacial score (nSPS) is 13.3. The number of rotatable bonds is 3. The summed E-state index contributed by atoms with van der Waals surface area (Å²) >= 11 is 0. The summed E-state index contributed by atoms with van der Waals surface area (Å²) in [7, 11) is 0. The Bertz CT molecular complexity index is 923. The van der Waals surface area contributed by atoms with E-state index in [1.807, 2.05) is 61.5 Å². The molecule has 0 radical (unpaired) electrons. The smallest absolute Gasteiger partial charge is 0.196 e. The molecule has 4 nitrogen and oxygen atoms in total. The maximum absolute atomic E-state index is 12.9. The van der Waals surface area contributed by atoms with E-state index in [0.717, 1.165) is 16.8 Å². The lowest BCUT2D eigenvalue weighted by molar-refractivity contribution is 0.105. The zero-order valence-electron chi connectivity index (χ0n) is 12.5.